The Morgan fingerprint density at radius 1 is 1.42 bits per heavy atom. The molecule has 0 N–H and O–H groups in total. The molecule has 5 heteroatoms. The summed E-state index contributed by atoms with van der Waals surface area (Å²) in [6.45, 7) is 4.05. The molecule has 0 bridgehead atoms. The lowest BCUT2D eigenvalue weighted by atomic mass is 10.1. The molecule has 1 saturated heterocycles. The number of hydrogen-bond donors (Lipinski definition) is 0. The SMILES string of the molecule is Cc1nc2cc(OC=O)ccc2n1C1CCOCC1. The van der Waals surface area contributed by atoms with E-state index in [1.54, 1.807) is 12.1 Å². The van der Waals surface area contributed by atoms with E-state index in [0.29, 0.717) is 18.3 Å². The minimum atomic E-state index is 0.434. The first kappa shape index (κ1) is 12.2. The van der Waals surface area contributed by atoms with Crippen LogP contribution in [-0.2, 0) is 9.53 Å². The third-order valence-corrected chi connectivity index (χ3v) is 3.58. The van der Waals surface area contributed by atoms with E-state index in [9.17, 15) is 4.79 Å². The van der Waals surface area contributed by atoms with E-state index in [-0.39, 0.29) is 0 Å². The van der Waals surface area contributed by atoms with Crippen LogP contribution in [0.5, 0.6) is 5.75 Å². The molecular formula is C14H16N2O3. The first-order chi connectivity index (χ1) is 9.29. The van der Waals surface area contributed by atoms with E-state index >= 15 is 0 Å². The van der Waals surface area contributed by atoms with Crippen molar-refractivity contribution in [1.82, 2.24) is 9.55 Å². The Morgan fingerprint density at radius 3 is 2.95 bits per heavy atom. The van der Waals surface area contributed by atoms with Gasteiger partial charge < -0.3 is 14.0 Å². The summed E-state index contributed by atoms with van der Waals surface area (Å²) in [5.74, 6) is 1.52. The molecule has 0 aliphatic carbocycles. The van der Waals surface area contributed by atoms with Gasteiger partial charge in [-0.1, -0.05) is 0 Å². The zero-order valence-electron chi connectivity index (χ0n) is 10.8. The van der Waals surface area contributed by atoms with E-state index in [1.165, 1.54) is 0 Å². The van der Waals surface area contributed by atoms with Crippen LogP contribution in [0.3, 0.4) is 0 Å². The fraction of sp³-hybridized carbons (Fsp3) is 0.429. The number of ether oxygens (including phenoxy) is 2. The fourth-order valence-corrected chi connectivity index (χ4v) is 2.73. The summed E-state index contributed by atoms with van der Waals surface area (Å²) in [5, 5.41) is 0. The van der Waals surface area contributed by atoms with E-state index in [4.69, 9.17) is 9.47 Å². The number of benzene rings is 1. The minimum absolute atomic E-state index is 0.434. The summed E-state index contributed by atoms with van der Waals surface area (Å²) in [6.07, 6.45) is 2.03. The molecule has 1 aromatic carbocycles. The van der Waals surface area contributed by atoms with Gasteiger partial charge in [0.1, 0.15) is 11.6 Å². The van der Waals surface area contributed by atoms with Gasteiger partial charge in [-0.3, -0.25) is 4.79 Å². The van der Waals surface area contributed by atoms with E-state index in [1.807, 2.05) is 13.0 Å². The van der Waals surface area contributed by atoms with Crippen molar-refractivity contribution < 1.29 is 14.3 Å². The van der Waals surface area contributed by atoms with Crippen LogP contribution in [0.2, 0.25) is 0 Å². The standard InChI is InChI=1S/C14H16N2O3/c1-10-15-13-8-12(19-9-17)2-3-14(13)16(10)11-4-6-18-7-5-11/h2-3,8-9,11H,4-7H2,1H3. The van der Waals surface area contributed by atoms with Gasteiger partial charge in [0.25, 0.3) is 6.47 Å². The number of fused-ring (bicyclic) bond motifs is 1. The van der Waals surface area contributed by atoms with Gasteiger partial charge in [0.05, 0.1) is 11.0 Å². The summed E-state index contributed by atoms with van der Waals surface area (Å²) >= 11 is 0. The third kappa shape index (κ3) is 2.21. The maximum absolute atomic E-state index is 10.4. The van der Waals surface area contributed by atoms with Crippen molar-refractivity contribution in [2.24, 2.45) is 0 Å². The summed E-state index contributed by atoms with van der Waals surface area (Å²) in [6, 6.07) is 6.00. The average molecular weight is 260 g/mol. The lowest BCUT2D eigenvalue weighted by Crippen LogP contribution is -2.20. The number of carbonyl (C=O) groups excluding carboxylic acids is 1. The van der Waals surface area contributed by atoms with E-state index in [0.717, 1.165) is 42.9 Å². The molecule has 0 amide bonds. The van der Waals surface area contributed by atoms with Gasteiger partial charge in [-0.15, -0.1) is 0 Å². The molecule has 0 spiro atoms. The quantitative estimate of drug-likeness (QED) is 0.794. The van der Waals surface area contributed by atoms with Crippen molar-refractivity contribution in [1.29, 1.82) is 0 Å². The normalized spacial score (nSPS) is 16.7. The van der Waals surface area contributed by atoms with Crippen molar-refractivity contribution in [3.8, 4) is 5.75 Å². The maximum atomic E-state index is 10.4. The third-order valence-electron chi connectivity index (χ3n) is 3.58. The van der Waals surface area contributed by atoms with Crippen LogP contribution in [0.25, 0.3) is 11.0 Å². The summed E-state index contributed by atoms with van der Waals surface area (Å²) < 4.78 is 12.5. The number of aryl methyl sites for hydroxylation is 1. The smallest absolute Gasteiger partial charge is 0.298 e. The van der Waals surface area contributed by atoms with Gasteiger partial charge in [0.2, 0.25) is 0 Å². The van der Waals surface area contributed by atoms with Crippen LogP contribution in [0.1, 0.15) is 24.7 Å². The highest BCUT2D eigenvalue weighted by atomic mass is 16.5. The number of nitrogens with zero attached hydrogens (tertiary/aromatic N) is 2. The monoisotopic (exact) mass is 260 g/mol. The second-order valence-corrected chi connectivity index (χ2v) is 4.74. The molecule has 0 unspecified atom stereocenters. The zero-order valence-corrected chi connectivity index (χ0v) is 10.8. The van der Waals surface area contributed by atoms with Crippen LogP contribution in [0, 0.1) is 6.92 Å². The molecule has 1 aliphatic rings. The topological polar surface area (TPSA) is 53.3 Å². The van der Waals surface area contributed by atoms with Gasteiger partial charge in [0, 0.05) is 25.3 Å². The number of hydrogen-bond acceptors (Lipinski definition) is 4. The van der Waals surface area contributed by atoms with Crippen molar-refractivity contribution in [2.45, 2.75) is 25.8 Å². The Balaban J connectivity index is 2.03. The van der Waals surface area contributed by atoms with Crippen molar-refractivity contribution in [3.63, 3.8) is 0 Å². The molecular weight excluding hydrogens is 244 g/mol. The van der Waals surface area contributed by atoms with E-state index < -0.39 is 0 Å². The largest absolute Gasteiger partial charge is 0.429 e. The van der Waals surface area contributed by atoms with Crippen molar-refractivity contribution >= 4 is 17.5 Å². The highest BCUT2D eigenvalue weighted by Gasteiger charge is 2.20. The Kier molecular flexibility index (Phi) is 3.21. The Bertz CT molecular complexity index is 600. The average Bonchev–Trinajstić information content (AvgIpc) is 2.75. The molecule has 2 heterocycles. The lowest BCUT2D eigenvalue weighted by molar-refractivity contribution is -0.120. The van der Waals surface area contributed by atoms with Crippen LogP contribution in [0.4, 0.5) is 0 Å². The summed E-state index contributed by atoms with van der Waals surface area (Å²) in [4.78, 5) is 14.9. The molecule has 5 nitrogen and oxygen atoms in total. The zero-order chi connectivity index (χ0) is 13.2. The molecule has 0 atom stereocenters. The van der Waals surface area contributed by atoms with Crippen LogP contribution in [0.15, 0.2) is 18.2 Å². The van der Waals surface area contributed by atoms with Crippen molar-refractivity contribution in [2.75, 3.05) is 13.2 Å². The number of rotatable bonds is 3. The van der Waals surface area contributed by atoms with Crippen LogP contribution in [-0.4, -0.2) is 29.2 Å². The van der Waals surface area contributed by atoms with Gasteiger partial charge in [-0.05, 0) is 31.9 Å². The molecule has 1 aromatic heterocycles. The molecule has 1 aliphatic heterocycles. The summed E-state index contributed by atoms with van der Waals surface area (Å²) in [5.41, 5.74) is 1.95. The predicted octanol–water partition coefficient (Wildman–Crippen LogP) is 2.23. The van der Waals surface area contributed by atoms with Gasteiger partial charge >= 0.3 is 0 Å². The minimum Gasteiger partial charge on any atom is -0.429 e. The van der Waals surface area contributed by atoms with Crippen LogP contribution < -0.4 is 4.74 Å². The fourth-order valence-electron chi connectivity index (χ4n) is 2.73. The molecule has 0 saturated carbocycles. The molecule has 1 fully saturated rings. The first-order valence-electron chi connectivity index (χ1n) is 6.46. The number of aromatic nitrogens is 2. The maximum Gasteiger partial charge on any atom is 0.298 e. The molecule has 2 aromatic rings. The number of imidazole rings is 1. The Morgan fingerprint density at radius 2 is 2.21 bits per heavy atom. The van der Waals surface area contributed by atoms with Crippen molar-refractivity contribution in [3.05, 3.63) is 24.0 Å². The molecule has 100 valence electrons. The highest BCUT2D eigenvalue weighted by Crippen LogP contribution is 2.29. The van der Waals surface area contributed by atoms with Gasteiger partial charge in [-0.2, -0.15) is 0 Å². The lowest BCUT2D eigenvalue weighted by Gasteiger charge is -2.25. The highest BCUT2D eigenvalue weighted by molar-refractivity contribution is 5.78. The second-order valence-electron chi connectivity index (χ2n) is 4.74. The second kappa shape index (κ2) is 5.01. The molecule has 19 heavy (non-hydrogen) atoms. The summed E-state index contributed by atoms with van der Waals surface area (Å²) in [7, 11) is 0. The van der Waals surface area contributed by atoms with Crippen LogP contribution >= 0.6 is 0 Å². The number of carbonyl (C=O) groups is 1. The molecule has 3 rings (SSSR count). The predicted molar refractivity (Wildman–Crippen MR) is 70.3 cm³/mol. The van der Waals surface area contributed by atoms with E-state index in [2.05, 4.69) is 9.55 Å². The molecule has 0 radical (unpaired) electrons. The Labute approximate surface area is 111 Å². The van der Waals surface area contributed by atoms with Gasteiger partial charge in [-0.25, -0.2) is 4.98 Å². The Hall–Kier alpha value is -1.88. The first-order valence-corrected chi connectivity index (χ1v) is 6.46. The van der Waals surface area contributed by atoms with Gasteiger partial charge in [0.15, 0.2) is 0 Å².